The molecule has 0 radical (unpaired) electrons. The number of fused-ring (bicyclic) bond motifs is 1. The van der Waals surface area contributed by atoms with E-state index < -0.39 is 0 Å². The van der Waals surface area contributed by atoms with Crippen molar-refractivity contribution in [2.45, 2.75) is 18.6 Å². The van der Waals surface area contributed by atoms with E-state index in [9.17, 15) is 4.79 Å². The van der Waals surface area contributed by atoms with Crippen LogP contribution in [0.15, 0.2) is 45.3 Å². The molecule has 0 amide bonds. The maximum Gasteiger partial charge on any atom is 0.262 e. The van der Waals surface area contributed by atoms with E-state index in [1.54, 1.807) is 4.57 Å². The van der Waals surface area contributed by atoms with E-state index in [4.69, 9.17) is 0 Å². The van der Waals surface area contributed by atoms with Crippen LogP contribution in [0.2, 0.25) is 0 Å². The van der Waals surface area contributed by atoms with E-state index in [1.807, 2.05) is 31.2 Å². The standard InChI is InChI=1S/C13H13BrN2OS/c1-3-7-18-13-15-11-6-5-9(14)8-10(11)12(17)16(13)4-2/h3,5-6,8H,1,4,7H2,2H3. The molecular weight excluding hydrogens is 312 g/mol. The van der Waals surface area contributed by atoms with Gasteiger partial charge in [0.25, 0.3) is 5.56 Å². The first-order valence-corrected chi connectivity index (χ1v) is 7.39. The van der Waals surface area contributed by atoms with Gasteiger partial charge in [0.15, 0.2) is 5.16 Å². The molecule has 1 heterocycles. The lowest BCUT2D eigenvalue weighted by molar-refractivity contribution is 0.635. The van der Waals surface area contributed by atoms with Gasteiger partial charge in [-0.2, -0.15) is 0 Å². The number of nitrogens with zero attached hydrogens (tertiary/aromatic N) is 2. The molecule has 0 fully saturated rings. The molecule has 0 atom stereocenters. The molecule has 0 saturated carbocycles. The smallest absolute Gasteiger partial charge is 0.262 e. The Morgan fingerprint density at radius 3 is 3.00 bits per heavy atom. The van der Waals surface area contributed by atoms with Gasteiger partial charge in [0.2, 0.25) is 0 Å². The lowest BCUT2D eigenvalue weighted by Gasteiger charge is -2.10. The normalized spacial score (nSPS) is 10.8. The van der Waals surface area contributed by atoms with Crippen molar-refractivity contribution >= 4 is 38.6 Å². The van der Waals surface area contributed by atoms with Crippen molar-refractivity contribution in [3.8, 4) is 0 Å². The zero-order valence-corrected chi connectivity index (χ0v) is 12.4. The van der Waals surface area contributed by atoms with Gasteiger partial charge in [-0.15, -0.1) is 6.58 Å². The summed E-state index contributed by atoms with van der Waals surface area (Å²) < 4.78 is 2.59. The van der Waals surface area contributed by atoms with Crippen LogP contribution >= 0.6 is 27.7 Å². The van der Waals surface area contributed by atoms with Gasteiger partial charge in [-0.3, -0.25) is 9.36 Å². The van der Waals surface area contributed by atoms with E-state index in [0.717, 1.165) is 20.9 Å². The number of thioether (sulfide) groups is 1. The van der Waals surface area contributed by atoms with Crippen LogP contribution in [0.3, 0.4) is 0 Å². The summed E-state index contributed by atoms with van der Waals surface area (Å²) in [7, 11) is 0. The summed E-state index contributed by atoms with van der Waals surface area (Å²) in [5.41, 5.74) is 0.745. The topological polar surface area (TPSA) is 34.9 Å². The quantitative estimate of drug-likeness (QED) is 0.491. The third kappa shape index (κ3) is 2.52. The third-order valence-electron chi connectivity index (χ3n) is 2.53. The fraction of sp³-hybridized carbons (Fsp3) is 0.231. The first-order chi connectivity index (χ1) is 8.67. The number of hydrogen-bond acceptors (Lipinski definition) is 3. The van der Waals surface area contributed by atoms with Crippen LogP contribution in [-0.4, -0.2) is 15.3 Å². The predicted octanol–water partition coefficient (Wildman–Crippen LogP) is 3.46. The van der Waals surface area contributed by atoms with Gasteiger partial charge in [0, 0.05) is 16.8 Å². The lowest BCUT2D eigenvalue weighted by Crippen LogP contribution is -2.22. The Bertz CT molecular complexity index is 651. The first kappa shape index (κ1) is 13.4. The Kier molecular flexibility index (Phi) is 4.24. The molecule has 0 aliphatic carbocycles. The van der Waals surface area contributed by atoms with Crippen molar-refractivity contribution < 1.29 is 0 Å². The van der Waals surface area contributed by atoms with Crippen LogP contribution in [0.4, 0.5) is 0 Å². The summed E-state index contributed by atoms with van der Waals surface area (Å²) in [5.74, 6) is 0.745. The number of benzene rings is 1. The Hall–Kier alpha value is -1.07. The molecule has 0 aliphatic heterocycles. The second-order valence-electron chi connectivity index (χ2n) is 3.70. The second kappa shape index (κ2) is 5.71. The minimum absolute atomic E-state index is 0.00959. The summed E-state index contributed by atoms with van der Waals surface area (Å²) in [4.78, 5) is 16.9. The highest BCUT2D eigenvalue weighted by molar-refractivity contribution is 9.10. The molecule has 0 unspecified atom stereocenters. The van der Waals surface area contributed by atoms with Crippen LogP contribution in [-0.2, 0) is 6.54 Å². The first-order valence-electron chi connectivity index (χ1n) is 5.61. The van der Waals surface area contributed by atoms with E-state index in [0.29, 0.717) is 11.9 Å². The van der Waals surface area contributed by atoms with Crippen molar-refractivity contribution in [3.05, 3.63) is 45.7 Å². The number of aromatic nitrogens is 2. The predicted molar refractivity (Wildman–Crippen MR) is 80.3 cm³/mol. The fourth-order valence-electron chi connectivity index (χ4n) is 1.70. The van der Waals surface area contributed by atoms with E-state index in [2.05, 4.69) is 27.5 Å². The highest BCUT2D eigenvalue weighted by Gasteiger charge is 2.10. The minimum atomic E-state index is 0.00959. The van der Waals surface area contributed by atoms with E-state index in [-0.39, 0.29) is 5.56 Å². The fourth-order valence-corrected chi connectivity index (χ4v) is 2.85. The van der Waals surface area contributed by atoms with Crippen molar-refractivity contribution in [3.63, 3.8) is 0 Å². The van der Waals surface area contributed by atoms with Crippen molar-refractivity contribution in [2.75, 3.05) is 5.75 Å². The highest BCUT2D eigenvalue weighted by atomic mass is 79.9. The van der Waals surface area contributed by atoms with Crippen LogP contribution in [0.25, 0.3) is 10.9 Å². The Morgan fingerprint density at radius 1 is 1.56 bits per heavy atom. The molecule has 0 spiro atoms. The van der Waals surface area contributed by atoms with Crippen LogP contribution in [0.1, 0.15) is 6.92 Å². The van der Waals surface area contributed by atoms with Gasteiger partial charge in [0.05, 0.1) is 10.9 Å². The molecule has 0 N–H and O–H groups in total. The lowest BCUT2D eigenvalue weighted by atomic mass is 10.2. The summed E-state index contributed by atoms with van der Waals surface area (Å²) in [6.45, 7) is 6.25. The second-order valence-corrected chi connectivity index (χ2v) is 5.61. The van der Waals surface area contributed by atoms with Gasteiger partial charge >= 0.3 is 0 Å². The van der Waals surface area contributed by atoms with Crippen molar-refractivity contribution in [1.29, 1.82) is 0 Å². The third-order valence-corrected chi connectivity index (χ3v) is 3.99. The number of rotatable bonds is 4. The maximum absolute atomic E-state index is 12.4. The average molecular weight is 325 g/mol. The van der Waals surface area contributed by atoms with Gasteiger partial charge in [-0.1, -0.05) is 33.8 Å². The Labute approximate surface area is 118 Å². The van der Waals surface area contributed by atoms with E-state index >= 15 is 0 Å². The minimum Gasteiger partial charge on any atom is -0.287 e. The molecule has 2 aromatic rings. The molecule has 0 saturated heterocycles. The molecule has 94 valence electrons. The molecule has 1 aromatic carbocycles. The Balaban J connectivity index is 2.69. The summed E-state index contributed by atoms with van der Waals surface area (Å²) >= 11 is 4.91. The SMILES string of the molecule is C=CCSc1nc2ccc(Br)cc2c(=O)n1CC. The molecule has 3 nitrogen and oxygen atoms in total. The molecule has 18 heavy (non-hydrogen) atoms. The summed E-state index contributed by atoms with van der Waals surface area (Å²) in [6, 6.07) is 5.57. The van der Waals surface area contributed by atoms with Crippen molar-refractivity contribution in [1.82, 2.24) is 9.55 Å². The Morgan fingerprint density at radius 2 is 2.33 bits per heavy atom. The van der Waals surface area contributed by atoms with Gasteiger partial charge in [0.1, 0.15) is 0 Å². The maximum atomic E-state index is 12.4. The molecule has 0 aliphatic rings. The number of hydrogen-bond donors (Lipinski definition) is 0. The molecule has 0 bridgehead atoms. The van der Waals surface area contributed by atoms with Crippen LogP contribution < -0.4 is 5.56 Å². The molecule has 5 heteroatoms. The summed E-state index contributed by atoms with van der Waals surface area (Å²) in [5, 5.41) is 1.39. The average Bonchev–Trinajstić information content (AvgIpc) is 2.37. The highest BCUT2D eigenvalue weighted by Crippen LogP contribution is 2.20. The monoisotopic (exact) mass is 324 g/mol. The van der Waals surface area contributed by atoms with Crippen LogP contribution in [0, 0.1) is 0 Å². The zero-order chi connectivity index (χ0) is 13.1. The van der Waals surface area contributed by atoms with Crippen LogP contribution in [0.5, 0.6) is 0 Å². The van der Waals surface area contributed by atoms with Gasteiger partial charge in [-0.05, 0) is 25.1 Å². The van der Waals surface area contributed by atoms with Gasteiger partial charge in [-0.25, -0.2) is 4.98 Å². The zero-order valence-electron chi connectivity index (χ0n) is 10.0. The van der Waals surface area contributed by atoms with Gasteiger partial charge < -0.3 is 0 Å². The molecule has 1 aromatic heterocycles. The summed E-state index contributed by atoms with van der Waals surface area (Å²) in [6.07, 6.45) is 1.81. The molecule has 2 rings (SSSR count). The molecular formula is C13H13BrN2OS. The number of halogens is 1. The van der Waals surface area contributed by atoms with E-state index in [1.165, 1.54) is 11.8 Å². The largest absolute Gasteiger partial charge is 0.287 e. The van der Waals surface area contributed by atoms with Crippen molar-refractivity contribution in [2.24, 2.45) is 0 Å².